The molecular weight excluding hydrogens is 290 g/mol. The van der Waals surface area contributed by atoms with Crippen molar-refractivity contribution in [2.24, 2.45) is 0 Å². The van der Waals surface area contributed by atoms with Gasteiger partial charge < -0.3 is 14.4 Å². The summed E-state index contributed by atoms with van der Waals surface area (Å²) in [6.45, 7) is 0. The van der Waals surface area contributed by atoms with Crippen LogP contribution >= 0.6 is 0 Å². The van der Waals surface area contributed by atoms with Crippen LogP contribution < -0.4 is 10.3 Å². The molecule has 0 spiro atoms. The van der Waals surface area contributed by atoms with Crippen LogP contribution in [0.25, 0.3) is 23.1 Å². The summed E-state index contributed by atoms with van der Waals surface area (Å²) in [5.74, 6) is -0.213. The van der Waals surface area contributed by atoms with Gasteiger partial charge in [-0.15, -0.1) is 0 Å². The average molecular weight is 307 g/mol. The topological polar surface area (TPSA) is 53.7 Å². The summed E-state index contributed by atoms with van der Waals surface area (Å²) in [4.78, 5) is 14.1. The highest BCUT2D eigenvalue weighted by Crippen LogP contribution is 2.22. The number of hydrogen-bond acceptors (Lipinski definition) is 4. The third-order valence-electron chi connectivity index (χ3n) is 3.64. The minimum atomic E-state index is -0.422. The number of hydrogen-bond donors (Lipinski definition) is 1. The molecule has 0 saturated carbocycles. The second-order valence-electron chi connectivity index (χ2n) is 5.46. The van der Waals surface area contributed by atoms with Crippen LogP contribution in [0.5, 0.6) is 5.75 Å². The maximum absolute atomic E-state index is 12.1. The molecule has 1 N–H and O–H groups in total. The van der Waals surface area contributed by atoms with E-state index >= 15 is 0 Å². The van der Waals surface area contributed by atoms with E-state index in [4.69, 9.17) is 4.42 Å². The summed E-state index contributed by atoms with van der Waals surface area (Å²) in [6, 6.07) is 14.8. The fourth-order valence-electron chi connectivity index (χ4n) is 2.32. The molecule has 1 aromatic heterocycles. The standard InChI is InChI=1S/C19H17NO3/c1-20(2)14-10-7-13(8-11-14)9-12-17-19(22)18(21)15-5-3-4-6-16(15)23-17/h3-12,22H,1-2H3/b12-9+. The molecule has 0 atom stereocenters. The van der Waals surface area contributed by atoms with Gasteiger partial charge >= 0.3 is 0 Å². The van der Waals surface area contributed by atoms with Gasteiger partial charge in [-0.05, 0) is 35.9 Å². The summed E-state index contributed by atoms with van der Waals surface area (Å²) in [5, 5.41) is 10.4. The number of rotatable bonds is 3. The van der Waals surface area contributed by atoms with Crippen LogP contribution in [0, 0.1) is 0 Å². The Balaban J connectivity index is 1.97. The van der Waals surface area contributed by atoms with Crippen LogP contribution in [-0.2, 0) is 0 Å². The first-order chi connectivity index (χ1) is 11.1. The van der Waals surface area contributed by atoms with Crippen molar-refractivity contribution >= 4 is 28.8 Å². The van der Waals surface area contributed by atoms with E-state index < -0.39 is 5.43 Å². The number of nitrogens with zero attached hydrogens (tertiary/aromatic N) is 1. The molecule has 4 nitrogen and oxygen atoms in total. The van der Waals surface area contributed by atoms with Gasteiger partial charge in [-0.25, -0.2) is 0 Å². The lowest BCUT2D eigenvalue weighted by Crippen LogP contribution is -2.07. The lowest BCUT2D eigenvalue weighted by Gasteiger charge is -2.11. The van der Waals surface area contributed by atoms with Crippen LogP contribution in [0.2, 0.25) is 0 Å². The third-order valence-corrected chi connectivity index (χ3v) is 3.64. The summed E-state index contributed by atoms with van der Waals surface area (Å²) >= 11 is 0. The lowest BCUT2D eigenvalue weighted by atomic mass is 10.1. The Morgan fingerprint density at radius 2 is 1.70 bits per heavy atom. The average Bonchev–Trinajstić information content (AvgIpc) is 2.57. The minimum absolute atomic E-state index is 0.158. The Labute approximate surface area is 133 Å². The highest BCUT2D eigenvalue weighted by Gasteiger charge is 2.10. The van der Waals surface area contributed by atoms with Gasteiger partial charge in [0.25, 0.3) is 0 Å². The van der Waals surface area contributed by atoms with E-state index in [0.717, 1.165) is 11.3 Å². The molecule has 4 heteroatoms. The van der Waals surface area contributed by atoms with Crippen molar-refractivity contribution in [1.82, 2.24) is 0 Å². The molecule has 23 heavy (non-hydrogen) atoms. The summed E-state index contributed by atoms with van der Waals surface area (Å²) in [7, 11) is 3.96. The Bertz CT molecular complexity index is 921. The van der Waals surface area contributed by atoms with Crippen molar-refractivity contribution in [3.05, 3.63) is 70.1 Å². The van der Waals surface area contributed by atoms with Crippen molar-refractivity contribution in [3.8, 4) is 5.75 Å². The summed E-state index contributed by atoms with van der Waals surface area (Å²) in [6.07, 6.45) is 3.40. The molecule has 0 aliphatic heterocycles. The first-order valence-corrected chi connectivity index (χ1v) is 7.26. The zero-order chi connectivity index (χ0) is 16.4. The number of para-hydroxylation sites is 1. The maximum atomic E-state index is 12.1. The van der Waals surface area contributed by atoms with Crippen molar-refractivity contribution in [2.75, 3.05) is 19.0 Å². The molecule has 3 aromatic rings. The largest absolute Gasteiger partial charge is 0.502 e. The van der Waals surface area contributed by atoms with Gasteiger partial charge in [0, 0.05) is 19.8 Å². The Morgan fingerprint density at radius 3 is 2.39 bits per heavy atom. The number of benzene rings is 2. The molecule has 1 heterocycles. The Hall–Kier alpha value is -3.01. The predicted molar refractivity (Wildman–Crippen MR) is 93.8 cm³/mol. The summed E-state index contributed by atoms with van der Waals surface area (Å²) in [5.41, 5.74) is 2.08. The molecule has 0 radical (unpaired) electrons. The van der Waals surface area contributed by atoms with Gasteiger partial charge in [0.1, 0.15) is 5.58 Å². The number of anilines is 1. The smallest absolute Gasteiger partial charge is 0.235 e. The molecular formula is C19H17NO3. The van der Waals surface area contributed by atoms with Gasteiger partial charge in [0.15, 0.2) is 5.76 Å². The van der Waals surface area contributed by atoms with Crippen molar-refractivity contribution in [3.63, 3.8) is 0 Å². The summed E-state index contributed by atoms with van der Waals surface area (Å²) < 4.78 is 5.61. The highest BCUT2D eigenvalue weighted by atomic mass is 16.4. The molecule has 0 unspecified atom stereocenters. The Kier molecular flexibility index (Phi) is 3.89. The molecule has 0 amide bonds. The fraction of sp³-hybridized carbons (Fsp3) is 0.105. The van der Waals surface area contributed by atoms with Crippen LogP contribution in [0.15, 0.2) is 57.7 Å². The second kappa shape index (κ2) is 6.01. The van der Waals surface area contributed by atoms with E-state index in [-0.39, 0.29) is 11.5 Å². The third kappa shape index (κ3) is 2.97. The highest BCUT2D eigenvalue weighted by molar-refractivity contribution is 5.80. The molecule has 0 aliphatic carbocycles. The van der Waals surface area contributed by atoms with Crippen LogP contribution in [0.1, 0.15) is 11.3 Å². The zero-order valence-corrected chi connectivity index (χ0v) is 13.0. The van der Waals surface area contributed by atoms with Crippen LogP contribution in [0.3, 0.4) is 0 Å². The molecule has 0 fully saturated rings. The van der Waals surface area contributed by atoms with Crippen molar-refractivity contribution < 1.29 is 9.52 Å². The molecule has 3 rings (SSSR count). The molecule has 116 valence electrons. The quantitative estimate of drug-likeness (QED) is 0.801. The lowest BCUT2D eigenvalue weighted by molar-refractivity contribution is 0.438. The first kappa shape index (κ1) is 14.9. The molecule has 0 saturated heterocycles. The van der Waals surface area contributed by atoms with E-state index in [2.05, 4.69) is 0 Å². The van der Waals surface area contributed by atoms with E-state index in [1.807, 2.05) is 43.3 Å². The van der Waals surface area contributed by atoms with E-state index in [0.29, 0.717) is 11.0 Å². The fourth-order valence-corrected chi connectivity index (χ4v) is 2.32. The van der Waals surface area contributed by atoms with E-state index in [9.17, 15) is 9.90 Å². The molecule has 2 aromatic carbocycles. The minimum Gasteiger partial charge on any atom is -0.502 e. The van der Waals surface area contributed by atoms with Crippen molar-refractivity contribution in [1.29, 1.82) is 0 Å². The first-order valence-electron chi connectivity index (χ1n) is 7.26. The zero-order valence-electron chi connectivity index (χ0n) is 13.0. The van der Waals surface area contributed by atoms with E-state index in [1.54, 1.807) is 36.4 Å². The SMILES string of the molecule is CN(C)c1ccc(/C=C/c2oc3ccccc3c(=O)c2O)cc1. The monoisotopic (exact) mass is 307 g/mol. The van der Waals surface area contributed by atoms with Crippen LogP contribution in [0.4, 0.5) is 5.69 Å². The van der Waals surface area contributed by atoms with Gasteiger partial charge in [0.2, 0.25) is 11.2 Å². The molecule has 0 aliphatic rings. The molecule has 0 bridgehead atoms. The number of fused-ring (bicyclic) bond motifs is 1. The van der Waals surface area contributed by atoms with Gasteiger partial charge in [-0.3, -0.25) is 4.79 Å². The van der Waals surface area contributed by atoms with Gasteiger partial charge in [-0.1, -0.05) is 30.3 Å². The predicted octanol–water partition coefficient (Wildman–Crippen LogP) is 3.74. The maximum Gasteiger partial charge on any atom is 0.235 e. The Morgan fingerprint density at radius 1 is 1.00 bits per heavy atom. The van der Waals surface area contributed by atoms with Gasteiger partial charge in [-0.2, -0.15) is 0 Å². The number of aromatic hydroxyl groups is 1. The normalized spacial score (nSPS) is 11.2. The van der Waals surface area contributed by atoms with Crippen molar-refractivity contribution in [2.45, 2.75) is 0 Å². The van der Waals surface area contributed by atoms with Crippen LogP contribution in [-0.4, -0.2) is 19.2 Å². The second-order valence-corrected chi connectivity index (χ2v) is 5.46. The van der Waals surface area contributed by atoms with Gasteiger partial charge in [0.05, 0.1) is 5.39 Å². The van der Waals surface area contributed by atoms with E-state index in [1.165, 1.54) is 0 Å².